The van der Waals surface area contributed by atoms with Gasteiger partial charge in [-0.05, 0) is 12.8 Å². The summed E-state index contributed by atoms with van der Waals surface area (Å²) >= 11 is 5.91. The number of halogens is 1. The largest absolute Gasteiger partial charge is 0.395 e. The van der Waals surface area contributed by atoms with Crippen LogP contribution in [-0.4, -0.2) is 16.6 Å². The monoisotopic (exact) mass is 134 g/mol. The fourth-order valence-electron chi connectivity index (χ4n) is 1.17. The van der Waals surface area contributed by atoms with E-state index in [2.05, 4.69) is 0 Å². The molecule has 0 aliphatic heterocycles. The van der Waals surface area contributed by atoms with Crippen LogP contribution in [0.25, 0.3) is 0 Å². The van der Waals surface area contributed by atoms with E-state index in [1.165, 1.54) is 12.8 Å². The number of aliphatic hydroxyl groups is 1. The zero-order valence-corrected chi connectivity index (χ0v) is 5.62. The summed E-state index contributed by atoms with van der Waals surface area (Å²) in [4.78, 5) is -0.236. The predicted molar refractivity (Wildman–Crippen MR) is 34.1 cm³/mol. The molecule has 1 aliphatic rings. The molecule has 0 saturated heterocycles. The van der Waals surface area contributed by atoms with Gasteiger partial charge in [0.1, 0.15) is 0 Å². The van der Waals surface area contributed by atoms with Crippen LogP contribution in [-0.2, 0) is 0 Å². The second kappa shape index (κ2) is 2.24. The van der Waals surface area contributed by atoms with Crippen LogP contribution in [0.3, 0.4) is 0 Å². The predicted octanol–water partition coefficient (Wildman–Crippen LogP) is 1.53. The second-order valence-electron chi connectivity index (χ2n) is 2.52. The van der Waals surface area contributed by atoms with E-state index in [0.717, 1.165) is 12.8 Å². The van der Waals surface area contributed by atoms with E-state index in [9.17, 15) is 0 Å². The van der Waals surface area contributed by atoms with Crippen molar-refractivity contribution in [3.63, 3.8) is 0 Å². The van der Waals surface area contributed by atoms with Crippen molar-refractivity contribution in [2.24, 2.45) is 0 Å². The average Bonchev–Trinajstić information content (AvgIpc) is 2.17. The Morgan fingerprint density at radius 1 is 1.38 bits per heavy atom. The third kappa shape index (κ3) is 1.15. The highest BCUT2D eigenvalue weighted by atomic mass is 35.5. The van der Waals surface area contributed by atoms with Crippen molar-refractivity contribution in [1.82, 2.24) is 0 Å². The lowest BCUT2D eigenvalue weighted by Gasteiger charge is -2.15. The molecule has 0 radical (unpaired) electrons. The summed E-state index contributed by atoms with van der Waals surface area (Å²) in [6.07, 6.45) is 4.35. The van der Waals surface area contributed by atoms with Gasteiger partial charge >= 0.3 is 0 Å². The molecular weight excluding hydrogens is 124 g/mol. The third-order valence-electron chi connectivity index (χ3n) is 1.78. The molecule has 0 atom stereocenters. The molecule has 0 amide bonds. The molecule has 0 heterocycles. The Bertz CT molecular complexity index is 76.6. The summed E-state index contributed by atoms with van der Waals surface area (Å²) in [5, 5.41) is 8.69. The van der Waals surface area contributed by atoms with Gasteiger partial charge in [-0.1, -0.05) is 12.8 Å². The highest BCUT2D eigenvalue weighted by molar-refractivity contribution is 6.24. The minimum absolute atomic E-state index is 0.147. The van der Waals surface area contributed by atoms with Gasteiger partial charge in [-0.25, -0.2) is 0 Å². The minimum atomic E-state index is -0.236. The van der Waals surface area contributed by atoms with Gasteiger partial charge in [-0.15, -0.1) is 11.6 Å². The average molecular weight is 135 g/mol. The molecule has 0 aromatic carbocycles. The van der Waals surface area contributed by atoms with Crippen LogP contribution in [0, 0.1) is 0 Å². The maximum absolute atomic E-state index is 8.69. The summed E-state index contributed by atoms with van der Waals surface area (Å²) in [5.41, 5.74) is 0. The van der Waals surface area contributed by atoms with Crippen LogP contribution < -0.4 is 0 Å². The van der Waals surface area contributed by atoms with Crippen LogP contribution in [0.1, 0.15) is 25.7 Å². The fourth-order valence-corrected chi connectivity index (χ4v) is 1.43. The quantitative estimate of drug-likeness (QED) is 0.540. The van der Waals surface area contributed by atoms with Crippen molar-refractivity contribution in [3.8, 4) is 0 Å². The smallest absolute Gasteiger partial charge is 0.0676 e. The number of hydrogen-bond acceptors (Lipinski definition) is 1. The maximum atomic E-state index is 8.69. The molecule has 2 heteroatoms. The fraction of sp³-hybridized carbons (Fsp3) is 1.00. The Labute approximate surface area is 54.7 Å². The van der Waals surface area contributed by atoms with Gasteiger partial charge in [0.2, 0.25) is 0 Å². The number of alkyl halides is 1. The summed E-state index contributed by atoms with van der Waals surface area (Å²) < 4.78 is 0. The van der Waals surface area contributed by atoms with Crippen LogP contribution >= 0.6 is 11.6 Å². The molecule has 1 nitrogen and oxygen atoms in total. The van der Waals surface area contributed by atoms with E-state index < -0.39 is 0 Å². The molecule has 0 spiro atoms. The highest BCUT2D eigenvalue weighted by Crippen LogP contribution is 2.34. The van der Waals surface area contributed by atoms with Crippen molar-refractivity contribution in [3.05, 3.63) is 0 Å². The molecule has 1 aliphatic carbocycles. The molecule has 48 valence electrons. The lowest BCUT2D eigenvalue weighted by atomic mass is 10.1. The zero-order valence-electron chi connectivity index (χ0n) is 4.86. The first kappa shape index (κ1) is 6.37. The van der Waals surface area contributed by atoms with Gasteiger partial charge in [0, 0.05) is 0 Å². The van der Waals surface area contributed by atoms with Crippen molar-refractivity contribution in [2.75, 3.05) is 6.61 Å². The Morgan fingerprint density at radius 3 is 2.12 bits per heavy atom. The number of aliphatic hydroxyl groups excluding tert-OH is 1. The van der Waals surface area contributed by atoms with Gasteiger partial charge in [-0.2, -0.15) is 0 Å². The Hall–Kier alpha value is 0.250. The Morgan fingerprint density at radius 2 is 1.88 bits per heavy atom. The summed E-state index contributed by atoms with van der Waals surface area (Å²) in [6, 6.07) is 0. The summed E-state index contributed by atoms with van der Waals surface area (Å²) in [7, 11) is 0. The lowest BCUT2D eigenvalue weighted by molar-refractivity contribution is 0.246. The van der Waals surface area contributed by atoms with Crippen molar-refractivity contribution >= 4 is 11.6 Å². The molecule has 0 unspecified atom stereocenters. The first-order chi connectivity index (χ1) is 3.77. The van der Waals surface area contributed by atoms with Gasteiger partial charge in [0.05, 0.1) is 11.5 Å². The Kier molecular flexibility index (Phi) is 1.78. The normalized spacial score (nSPS) is 26.2. The second-order valence-corrected chi connectivity index (χ2v) is 3.32. The first-order valence-electron chi connectivity index (χ1n) is 3.07. The minimum Gasteiger partial charge on any atom is -0.395 e. The molecule has 0 bridgehead atoms. The molecule has 0 aromatic rings. The number of hydrogen-bond donors (Lipinski definition) is 1. The van der Waals surface area contributed by atoms with Crippen LogP contribution in [0.2, 0.25) is 0 Å². The summed E-state index contributed by atoms with van der Waals surface area (Å²) in [5.74, 6) is 0. The van der Waals surface area contributed by atoms with E-state index in [4.69, 9.17) is 16.7 Å². The molecule has 1 fully saturated rings. The molecule has 0 aromatic heterocycles. The van der Waals surface area contributed by atoms with Crippen LogP contribution in [0.4, 0.5) is 0 Å². The Balaban J connectivity index is 2.40. The van der Waals surface area contributed by atoms with E-state index in [-0.39, 0.29) is 11.5 Å². The van der Waals surface area contributed by atoms with E-state index in [0.29, 0.717) is 0 Å². The van der Waals surface area contributed by atoms with E-state index >= 15 is 0 Å². The molecular formula is C6H11ClO. The summed E-state index contributed by atoms with van der Waals surface area (Å²) in [6.45, 7) is 0.147. The lowest BCUT2D eigenvalue weighted by Crippen LogP contribution is -2.20. The topological polar surface area (TPSA) is 20.2 Å². The third-order valence-corrected chi connectivity index (χ3v) is 2.28. The van der Waals surface area contributed by atoms with Gasteiger partial charge in [-0.3, -0.25) is 0 Å². The van der Waals surface area contributed by atoms with Crippen molar-refractivity contribution in [1.29, 1.82) is 0 Å². The van der Waals surface area contributed by atoms with Crippen molar-refractivity contribution in [2.45, 2.75) is 30.6 Å². The standard InChI is InChI=1S/C6H11ClO/c7-6(5-8)3-1-2-4-6/h8H,1-5H2. The van der Waals surface area contributed by atoms with E-state index in [1.807, 2.05) is 0 Å². The first-order valence-corrected chi connectivity index (χ1v) is 3.44. The van der Waals surface area contributed by atoms with Gasteiger partial charge in [0.25, 0.3) is 0 Å². The molecule has 8 heavy (non-hydrogen) atoms. The van der Waals surface area contributed by atoms with Crippen LogP contribution in [0.5, 0.6) is 0 Å². The zero-order chi connectivity index (χ0) is 6.04. The van der Waals surface area contributed by atoms with E-state index in [1.54, 1.807) is 0 Å². The number of rotatable bonds is 1. The van der Waals surface area contributed by atoms with Crippen molar-refractivity contribution < 1.29 is 5.11 Å². The van der Waals surface area contributed by atoms with Gasteiger partial charge < -0.3 is 5.11 Å². The molecule has 1 rings (SSSR count). The van der Waals surface area contributed by atoms with Crippen LogP contribution in [0.15, 0.2) is 0 Å². The molecule has 1 N–H and O–H groups in total. The highest BCUT2D eigenvalue weighted by Gasteiger charge is 2.29. The van der Waals surface area contributed by atoms with Gasteiger partial charge in [0.15, 0.2) is 0 Å². The molecule has 1 saturated carbocycles. The SMILES string of the molecule is OCC1(Cl)CCCC1. The maximum Gasteiger partial charge on any atom is 0.0676 e.